The van der Waals surface area contributed by atoms with E-state index in [1.807, 2.05) is 0 Å². The molecule has 1 amide bonds. The second-order valence-corrected chi connectivity index (χ2v) is 8.06. The summed E-state index contributed by atoms with van der Waals surface area (Å²) in [6.45, 7) is 5.05. The molecule has 2 N–H and O–H groups in total. The first-order valence-corrected chi connectivity index (χ1v) is 9.74. The minimum absolute atomic E-state index is 0.0117. The molecular weight excluding hydrogens is 376 g/mol. The Bertz CT molecular complexity index is 929. The molecule has 8 heteroatoms. The lowest BCUT2D eigenvalue weighted by molar-refractivity contribution is -0.117. The molecule has 0 unspecified atom stereocenters. The number of hydrogen-bond donors (Lipinski definition) is 2. The molecule has 0 aromatic heterocycles. The molecule has 0 heterocycles. The number of hydrogen-bond acceptors (Lipinski definition) is 4. The summed E-state index contributed by atoms with van der Waals surface area (Å²) in [7, 11) is -2.54. The third kappa shape index (κ3) is 4.75. The van der Waals surface area contributed by atoms with Crippen LogP contribution < -0.4 is 14.8 Å². The third-order valence-electron chi connectivity index (χ3n) is 3.78. The highest BCUT2D eigenvalue weighted by molar-refractivity contribution is 7.89. The van der Waals surface area contributed by atoms with E-state index in [0.29, 0.717) is 10.7 Å². The summed E-state index contributed by atoms with van der Waals surface area (Å²) < 4.78 is 32.8. The van der Waals surface area contributed by atoms with Crippen molar-refractivity contribution in [2.45, 2.75) is 31.7 Å². The van der Waals surface area contributed by atoms with Crippen LogP contribution >= 0.6 is 11.6 Å². The van der Waals surface area contributed by atoms with Crippen LogP contribution in [0.25, 0.3) is 0 Å². The van der Waals surface area contributed by atoms with Crippen LogP contribution in [-0.2, 0) is 14.8 Å². The van der Waals surface area contributed by atoms with Gasteiger partial charge in [0.05, 0.1) is 13.2 Å². The Morgan fingerprint density at radius 2 is 1.85 bits per heavy atom. The molecule has 0 bridgehead atoms. The summed E-state index contributed by atoms with van der Waals surface area (Å²) in [6, 6.07) is 8.86. The lowest BCUT2D eigenvalue weighted by Crippen LogP contribution is -2.41. The predicted octanol–water partition coefficient (Wildman–Crippen LogP) is 3.27. The number of nitrogens with one attached hydrogen (secondary N) is 2. The number of sulfonamides is 1. The van der Waals surface area contributed by atoms with Gasteiger partial charge in [0.25, 0.3) is 0 Å². The SMILES string of the molecule is COc1ccc(C)cc1S(=O)(=O)N[C@H](C)C(=O)Nc1ccc(Cl)cc1C. The molecular formula is C18H21ClN2O4S. The molecule has 2 rings (SSSR count). The van der Waals surface area contributed by atoms with Crippen LogP contribution in [0.1, 0.15) is 18.1 Å². The van der Waals surface area contributed by atoms with Crippen molar-refractivity contribution in [3.05, 3.63) is 52.5 Å². The molecule has 26 heavy (non-hydrogen) atoms. The van der Waals surface area contributed by atoms with Crippen LogP contribution in [0.5, 0.6) is 5.75 Å². The largest absolute Gasteiger partial charge is 0.495 e. The van der Waals surface area contributed by atoms with E-state index in [0.717, 1.165) is 11.1 Å². The Kier molecular flexibility index (Phi) is 6.28. The molecule has 140 valence electrons. The van der Waals surface area contributed by atoms with Crippen LogP contribution in [0.2, 0.25) is 5.02 Å². The van der Waals surface area contributed by atoms with Gasteiger partial charge in [-0.05, 0) is 62.2 Å². The molecule has 1 atom stereocenters. The Hall–Kier alpha value is -2.09. The summed E-state index contributed by atoms with van der Waals surface area (Å²) in [6.07, 6.45) is 0. The first-order valence-electron chi connectivity index (χ1n) is 7.88. The Labute approximate surface area is 158 Å². The van der Waals surface area contributed by atoms with Gasteiger partial charge in [-0.1, -0.05) is 17.7 Å². The molecule has 0 saturated carbocycles. The maximum absolute atomic E-state index is 12.7. The molecule has 0 saturated heterocycles. The highest BCUT2D eigenvalue weighted by atomic mass is 35.5. The number of anilines is 1. The fourth-order valence-corrected chi connectivity index (χ4v) is 4.04. The third-order valence-corrected chi connectivity index (χ3v) is 5.58. The fraction of sp³-hybridized carbons (Fsp3) is 0.278. The highest BCUT2D eigenvalue weighted by Crippen LogP contribution is 2.25. The predicted molar refractivity (Wildman–Crippen MR) is 102 cm³/mol. The minimum Gasteiger partial charge on any atom is -0.495 e. The lowest BCUT2D eigenvalue weighted by atomic mass is 10.2. The Balaban J connectivity index is 2.18. The average Bonchev–Trinajstić information content (AvgIpc) is 2.56. The first kappa shape index (κ1) is 20.2. The number of halogens is 1. The number of benzene rings is 2. The van der Waals surface area contributed by atoms with Crippen molar-refractivity contribution in [1.29, 1.82) is 0 Å². The second-order valence-electron chi connectivity index (χ2n) is 5.95. The van der Waals surface area contributed by atoms with Crippen molar-refractivity contribution in [3.8, 4) is 5.75 Å². The average molecular weight is 397 g/mol. The first-order chi connectivity index (χ1) is 12.1. The number of rotatable bonds is 6. The Morgan fingerprint density at radius 1 is 1.15 bits per heavy atom. The van der Waals surface area contributed by atoms with Gasteiger partial charge in [-0.2, -0.15) is 4.72 Å². The monoisotopic (exact) mass is 396 g/mol. The lowest BCUT2D eigenvalue weighted by Gasteiger charge is -2.17. The van der Waals surface area contributed by atoms with Crippen molar-refractivity contribution < 1.29 is 17.9 Å². The van der Waals surface area contributed by atoms with E-state index in [9.17, 15) is 13.2 Å². The number of carbonyl (C=O) groups excluding carboxylic acids is 1. The number of carbonyl (C=O) groups is 1. The summed E-state index contributed by atoms with van der Waals surface area (Å²) in [4.78, 5) is 12.4. The fourth-order valence-electron chi connectivity index (χ4n) is 2.35. The number of ether oxygens (including phenoxy) is 1. The number of amides is 1. The van der Waals surface area contributed by atoms with Crippen molar-refractivity contribution in [2.75, 3.05) is 12.4 Å². The molecule has 0 aliphatic rings. The van der Waals surface area contributed by atoms with Crippen molar-refractivity contribution in [1.82, 2.24) is 4.72 Å². The van der Waals surface area contributed by atoms with Gasteiger partial charge in [-0.25, -0.2) is 8.42 Å². The standard InChI is InChI=1S/C18H21ClN2O4S/c1-11-5-8-16(25-4)17(9-11)26(23,24)21-13(3)18(22)20-15-7-6-14(19)10-12(15)2/h5-10,13,21H,1-4H3,(H,20,22)/t13-/m1/s1. The maximum atomic E-state index is 12.7. The van der Waals surface area contributed by atoms with Gasteiger partial charge in [0.1, 0.15) is 10.6 Å². The molecule has 2 aromatic rings. The van der Waals surface area contributed by atoms with Gasteiger partial charge in [0.2, 0.25) is 15.9 Å². The van der Waals surface area contributed by atoms with E-state index >= 15 is 0 Å². The molecule has 0 spiro atoms. The van der Waals surface area contributed by atoms with Crippen LogP contribution in [0.15, 0.2) is 41.3 Å². The van der Waals surface area contributed by atoms with Crippen molar-refractivity contribution >= 4 is 33.2 Å². The van der Waals surface area contributed by atoms with E-state index in [4.69, 9.17) is 16.3 Å². The number of methoxy groups -OCH3 is 1. The highest BCUT2D eigenvalue weighted by Gasteiger charge is 2.25. The topological polar surface area (TPSA) is 84.5 Å². The van der Waals surface area contributed by atoms with E-state index < -0.39 is 22.0 Å². The van der Waals surface area contributed by atoms with E-state index in [1.165, 1.54) is 20.1 Å². The van der Waals surface area contributed by atoms with Crippen LogP contribution in [0.3, 0.4) is 0 Å². The summed E-state index contributed by atoms with van der Waals surface area (Å²) in [5.41, 5.74) is 2.11. The minimum atomic E-state index is -3.94. The van der Waals surface area contributed by atoms with Crippen LogP contribution in [-0.4, -0.2) is 27.5 Å². The van der Waals surface area contributed by atoms with Gasteiger partial charge in [-0.3, -0.25) is 4.79 Å². The number of aryl methyl sites for hydroxylation is 2. The summed E-state index contributed by atoms with van der Waals surface area (Å²) in [5.74, 6) is -0.269. The summed E-state index contributed by atoms with van der Waals surface area (Å²) in [5, 5.41) is 3.25. The molecule has 0 aliphatic carbocycles. The zero-order valence-electron chi connectivity index (χ0n) is 15.0. The van der Waals surface area contributed by atoms with Crippen molar-refractivity contribution in [3.63, 3.8) is 0 Å². The molecule has 2 aromatic carbocycles. The molecule has 6 nitrogen and oxygen atoms in total. The quantitative estimate of drug-likeness (QED) is 0.784. The second kappa shape index (κ2) is 8.07. The van der Waals surface area contributed by atoms with Gasteiger partial charge in [0.15, 0.2) is 0 Å². The molecule has 0 fully saturated rings. The zero-order chi connectivity index (χ0) is 19.5. The van der Waals surface area contributed by atoms with Crippen LogP contribution in [0, 0.1) is 13.8 Å². The van der Waals surface area contributed by atoms with E-state index in [1.54, 1.807) is 44.2 Å². The van der Waals surface area contributed by atoms with Gasteiger partial charge in [0, 0.05) is 10.7 Å². The maximum Gasteiger partial charge on any atom is 0.244 e. The van der Waals surface area contributed by atoms with E-state index in [-0.39, 0.29) is 10.6 Å². The molecule has 0 aliphatic heterocycles. The van der Waals surface area contributed by atoms with Gasteiger partial charge < -0.3 is 10.1 Å². The van der Waals surface area contributed by atoms with E-state index in [2.05, 4.69) is 10.0 Å². The van der Waals surface area contributed by atoms with Gasteiger partial charge in [-0.15, -0.1) is 0 Å². The van der Waals surface area contributed by atoms with Crippen molar-refractivity contribution in [2.24, 2.45) is 0 Å². The zero-order valence-corrected chi connectivity index (χ0v) is 16.5. The normalized spacial score (nSPS) is 12.5. The summed E-state index contributed by atoms with van der Waals surface area (Å²) >= 11 is 5.90. The van der Waals surface area contributed by atoms with Gasteiger partial charge >= 0.3 is 0 Å². The smallest absolute Gasteiger partial charge is 0.244 e. The Morgan fingerprint density at radius 3 is 2.46 bits per heavy atom. The molecule has 0 radical (unpaired) electrons. The van der Waals surface area contributed by atoms with Crippen LogP contribution in [0.4, 0.5) is 5.69 Å².